The molecule has 0 spiro atoms. The van der Waals surface area contributed by atoms with Crippen molar-refractivity contribution in [2.24, 2.45) is 0 Å². The number of hydrogen-bond donors (Lipinski definition) is 2. The van der Waals surface area contributed by atoms with E-state index in [1.165, 1.54) is 4.68 Å². The van der Waals surface area contributed by atoms with Crippen molar-refractivity contribution < 1.29 is 9.53 Å². The van der Waals surface area contributed by atoms with Crippen LogP contribution in [0.4, 0.5) is 11.5 Å². The molecular weight excluding hydrogens is 306 g/mol. The van der Waals surface area contributed by atoms with E-state index >= 15 is 0 Å². The third-order valence-electron chi connectivity index (χ3n) is 3.51. The topological polar surface area (TPSA) is 95.1 Å². The zero-order valence-electron chi connectivity index (χ0n) is 13.4. The van der Waals surface area contributed by atoms with E-state index in [0.717, 1.165) is 11.3 Å². The number of carbonyl (C=O) groups excluding carboxylic acids is 1. The van der Waals surface area contributed by atoms with E-state index in [2.05, 4.69) is 15.6 Å². The fraction of sp³-hybridized carbons (Fsp3) is 0.118. The first kappa shape index (κ1) is 15.5. The second kappa shape index (κ2) is 6.41. The smallest absolute Gasteiger partial charge is 0.280 e. The molecule has 1 amide bonds. The van der Waals surface area contributed by atoms with E-state index in [1.807, 2.05) is 31.2 Å². The zero-order chi connectivity index (χ0) is 17.1. The second-order valence-electron chi connectivity index (χ2n) is 5.26. The number of benzene rings is 2. The molecule has 0 atom stereocenters. The van der Waals surface area contributed by atoms with Gasteiger partial charge in [-0.05, 0) is 48.9 Å². The van der Waals surface area contributed by atoms with Crippen molar-refractivity contribution in [1.29, 1.82) is 0 Å². The molecule has 0 saturated heterocycles. The molecule has 7 nitrogen and oxygen atoms in total. The average molecular weight is 323 g/mol. The summed E-state index contributed by atoms with van der Waals surface area (Å²) >= 11 is 0. The van der Waals surface area contributed by atoms with Gasteiger partial charge in [-0.15, -0.1) is 5.10 Å². The molecule has 3 aromatic rings. The van der Waals surface area contributed by atoms with Crippen molar-refractivity contribution in [3.63, 3.8) is 0 Å². The number of carbonyl (C=O) groups is 1. The molecular formula is C17H17N5O2. The summed E-state index contributed by atoms with van der Waals surface area (Å²) in [5, 5.41) is 10.6. The predicted molar refractivity (Wildman–Crippen MR) is 91.5 cm³/mol. The second-order valence-corrected chi connectivity index (χ2v) is 5.26. The summed E-state index contributed by atoms with van der Waals surface area (Å²) in [6, 6.07) is 14.6. The number of rotatable bonds is 4. The fourth-order valence-electron chi connectivity index (χ4n) is 2.27. The molecule has 0 aliphatic rings. The lowest BCUT2D eigenvalue weighted by Gasteiger charge is -2.06. The van der Waals surface area contributed by atoms with Crippen molar-refractivity contribution in [2.75, 3.05) is 18.2 Å². The van der Waals surface area contributed by atoms with Crippen molar-refractivity contribution >= 4 is 17.4 Å². The minimum Gasteiger partial charge on any atom is -0.497 e. The Morgan fingerprint density at radius 1 is 1.21 bits per heavy atom. The van der Waals surface area contributed by atoms with Crippen LogP contribution >= 0.6 is 0 Å². The number of nitrogens with zero attached hydrogens (tertiary/aromatic N) is 3. The quantitative estimate of drug-likeness (QED) is 0.769. The van der Waals surface area contributed by atoms with E-state index in [4.69, 9.17) is 10.5 Å². The molecule has 0 aliphatic heterocycles. The molecule has 3 N–H and O–H groups in total. The molecule has 7 heteroatoms. The van der Waals surface area contributed by atoms with Crippen molar-refractivity contribution in [3.8, 4) is 11.4 Å². The van der Waals surface area contributed by atoms with Crippen LogP contribution in [0, 0.1) is 6.92 Å². The fourth-order valence-corrected chi connectivity index (χ4v) is 2.27. The molecule has 0 unspecified atom stereocenters. The van der Waals surface area contributed by atoms with Gasteiger partial charge in [0.05, 0.1) is 12.8 Å². The Bertz CT molecular complexity index is 871. The first-order valence-electron chi connectivity index (χ1n) is 7.32. The number of anilines is 2. The average Bonchev–Trinajstić information content (AvgIpc) is 2.97. The SMILES string of the molecule is COc1ccc(NC(=O)c2nnn(-c3cccc(C)c3)c2N)cc1. The number of methoxy groups -OCH3 is 1. The zero-order valence-corrected chi connectivity index (χ0v) is 13.4. The molecule has 1 aromatic heterocycles. The summed E-state index contributed by atoms with van der Waals surface area (Å²) in [7, 11) is 1.58. The minimum absolute atomic E-state index is 0.0762. The highest BCUT2D eigenvalue weighted by molar-refractivity contribution is 6.05. The van der Waals surface area contributed by atoms with Gasteiger partial charge >= 0.3 is 0 Å². The number of amides is 1. The molecule has 3 rings (SSSR count). The Kier molecular flexibility index (Phi) is 4.15. The summed E-state index contributed by atoms with van der Waals surface area (Å²) in [5.41, 5.74) is 8.55. The van der Waals surface area contributed by atoms with Gasteiger partial charge in [-0.25, -0.2) is 0 Å². The predicted octanol–water partition coefficient (Wildman–Crippen LogP) is 2.42. The number of hydrogen-bond acceptors (Lipinski definition) is 5. The highest BCUT2D eigenvalue weighted by Gasteiger charge is 2.18. The first-order valence-corrected chi connectivity index (χ1v) is 7.32. The van der Waals surface area contributed by atoms with Crippen LogP contribution in [0.25, 0.3) is 5.69 Å². The highest BCUT2D eigenvalue weighted by atomic mass is 16.5. The summed E-state index contributed by atoms with van der Waals surface area (Å²) in [5.74, 6) is 0.473. The normalized spacial score (nSPS) is 10.4. The molecule has 0 aliphatic carbocycles. The van der Waals surface area contributed by atoms with E-state index in [0.29, 0.717) is 11.4 Å². The number of aromatic nitrogens is 3. The standard InChI is InChI=1S/C17H17N5O2/c1-11-4-3-5-13(10-11)22-16(18)15(20-21-22)17(23)19-12-6-8-14(24-2)9-7-12/h3-10H,18H2,1-2H3,(H,19,23). The summed E-state index contributed by atoms with van der Waals surface area (Å²) in [4.78, 5) is 12.4. The summed E-state index contributed by atoms with van der Waals surface area (Å²) in [6.07, 6.45) is 0. The van der Waals surface area contributed by atoms with Crippen molar-refractivity contribution in [2.45, 2.75) is 6.92 Å². The number of nitrogens with two attached hydrogens (primary N) is 1. The maximum absolute atomic E-state index is 12.4. The van der Waals surface area contributed by atoms with E-state index in [9.17, 15) is 4.79 Å². The van der Waals surface area contributed by atoms with Crippen LogP contribution < -0.4 is 15.8 Å². The summed E-state index contributed by atoms with van der Waals surface area (Å²) in [6.45, 7) is 1.97. The molecule has 0 radical (unpaired) electrons. The van der Waals surface area contributed by atoms with Gasteiger partial charge in [0.25, 0.3) is 5.91 Å². The van der Waals surface area contributed by atoms with Crippen LogP contribution in [0.5, 0.6) is 5.75 Å². The molecule has 2 aromatic carbocycles. The monoisotopic (exact) mass is 323 g/mol. The van der Waals surface area contributed by atoms with Gasteiger partial charge in [-0.2, -0.15) is 4.68 Å². The number of ether oxygens (including phenoxy) is 1. The lowest BCUT2D eigenvalue weighted by atomic mass is 10.2. The van der Waals surface area contributed by atoms with Gasteiger partial charge in [-0.3, -0.25) is 4.79 Å². The number of nitrogen functional groups attached to an aromatic ring is 1. The van der Waals surface area contributed by atoms with Gasteiger partial charge < -0.3 is 15.8 Å². The summed E-state index contributed by atoms with van der Waals surface area (Å²) < 4.78 is 6.52. The van der Waals surface area contributed by atoms with Crippen LogP contribution in [-0.2, 0) is 0 Å². The van der Waals surface area contributed by atoms with Crippen LogP contribution in [0.1, 0.15) is 16.1 Å². The van der Waals surface area contributed by atoms with Crippen molar-refractivity contribution in [3.05, 3.63) is 59.8 Å². The lowest BCUT2D eigenvalue weighted by Crippen LogP contribution is -2.15. The first-order chi connectivity index (χ1) is 11.6. The van der Waals surface area contributed by atoms with Gasteiger partial charge in [0.2, 0.25) is 0 Å². The van der Waals surface area contributed by atoms with Gasteiger partial charge in [0, 0.05) is 5.69 Å². The van der Waals surface area contributed by atoms with Gasteiger partial charge in [-0.1, -0.05) is 17.3 Å². The third-order valence-corrected chi connectivity index (χ3v) is 3.51. The molecule has 0 saturated carbocycles. The maximum atomic E-state index is 12.4. The van der Waals surface area contributed by atoms with Gasteiger partial charge in [0.1, 0.15) is 5.75 Å². The molecule has 24 heavy (non-hydrogen) atoms. The Hall–Kier alpha value is -3.35. The largest absolute Gasteiger partial charge is 0.497 e. The lowest BCUT2D eigenvalue weighted by molar-refractivity contribution is 0.102. The Balaban J connectivity index is 1.83. The van der Waals surface area contributed by atoms with Crippen LogP contribution in [0.2, 0.25) is 0 Å². The van der Waals surface area contributed by atoms with E-state index in [-0.39, 0.29) is 11.5 Å². The number of aryl methyl sites for hydroxylation is 1. The molecule has 122 valence electrons. The third kappa shape index (κ3) is 3.05. The molecule has 0 bridgehead atoms. The Morgan fingerprint density at radius 2 is 1.96 bits per heavy atom. The Labute approximate surface area is 139 Å². The minimum atomic E-state index is -0.420. The van der Waals surface area contributed by atoms with Crippen LogP contribution in [-0.4, -0.2) is 28.0 Å². The van der Waals surface area contributed by atoms with Gasteiger partial charge in [0.15, 0.2) is 11.5 Å². The molecule has 1 heterocycles. The highest BCUT2D eigenvalue weighted by Crippen LogP contribution is 2.19. The maximum Gasteiger partial charge on any atom is 0.280 e. The molecule has 0 fully saturated rings. The van der Waals surface area contributed by atoms with Crippen molar-refractivity contribution in [1.82, 2.24) is 15.0 Å². The van der Waals surface area contributed by atoms with E-state index < -0.39 is 5.91 Å². The van der Waals surface area contributed by atoms with E-state index in [1.54, 1.807) is 31.4 Å². The number of nitrogens with one attached hydrogen (secondary N) is 1. The van der Waals surface area contributed by atoms with Crippen LogP contribution in [0.3, 0.4) is 0 Å². The van der Waals surface area contributed by atoms with Crippen LogP contribution in [0.15, 0.2) is 48.5 Å². The Morgan fingerprint density at radius 3 is 2.62 bits per heavy atom.